The van der Waals surface area contributed by atoms with Gasteiger partial charge in [0.1, 0.15) is 6.04 Å². The second-order valence-electron chi connectivity index (χ2n) is 11.7. The summed E-state index contributed by atoms with van der Waals surface area (Å²) < 4.78 is 0. The molecule has 2 aromatic rings. The Kier molecular flexibility index (Phi) is 10.2. The van der Waals surface area contributed by atoms with Crippen LogP contribution in [0.25, 0.3) is 11.1 Å². The zero-order valence-electron chi connectivity index (χ0n) is 23.7. The molecule has 2 aromatic carbocycles. The van der Waals surface area contributed by atoms with Crippen molar-refractivity contribution < 1.29 is 14.4 Å². The molecule has 210 valence electrons. The third-order valence-corrected chi connectivity index (χ3v) is 8.65. The summed E-state index contributed by atoms with van der Waals surface area (Å²) in [4.78, 5) is 41.6. The predicted molar refractivity (Wildman–Crippen MR) is 155 cm³/mol. The number of likely N-dealkylation sites (tertiary alicyclic amines) is 1. The van der Waals surface area contributed by atoms with Gasteiger partial charge in [-0.2, -0.15) is 0 Å². The first kappa shape index (κ1) is 28.8. The fourth-order valence-electron chi connectivity index (χ4n) is 6.00. The van der Waals surface area contributed by atoms with Crippen molar-refractivity contribution in [3.63, 3.8) is 0 Å². The van der Waals surface area contributed by atoms with Crippen LogP contribution in [0.3, 0.4) is 0 Å². The predicted octanol–water partition coefficient (Wildman–Crippen LogP) is 5.76. The number of carbonyl (C=O) groups excluding carboxylic acids is 3. The maximum absolute atomic E-state index is 13.7. The van der Waals surface area contributed by atoms with Crippen LogP contribution in [0.2, 0.25) is 0 Å². The summed E-state index contributed by atoms with van der Waals surface area (Å²) in [5.41, 5.74) is 10.4. The first-order chi connectivity index (χ1) is 18.9. The van der Waals surface area contributed by atoms with Crippen LogP contribution < -0.4 is 11.1 Å². The standard InChI is InChI=1S/C33H45N3O3/c1-3-4-13-28(31(34)37)29(21-24-9-7-10-24)32(38)35-30-14-5-6-19-36(33(30)39)22-25-11-8-12-27(20-25)26-17-15-23(2)16-18-26/h8,11-12,15-18,20,24,28-30H,3-7,9-10,13-14,19,21-22H2,1-2H3,(H2,34,37)(H,35,38)/t28?,29?,30-/m0/s1. The number of carbonyl (C=O) groups is 3. The smallest absolute Gasteiger partial charge is 0.245 e. The van der Waals surface area contributed by atoms with E-state index in [0.29, 0.717) is 38.3 Å². The molecule has 4 rings (SSSR count). The molecule has 1 aliphatic heterocycles. The minimum Gasteiger partial charge on any atom is -0.369 e. The molecule has 1 saturated carbocycles. The zero-order chi connectivity index (χ0) is 27.8. The molecule has 1 saturated heterocycles. The number of aryl methyl sites for hydroxylation is 1. The number of unbranched alkanes of at least 4 members (excludes halogenated alkanes) is 1. The van der Waals surface area contributed by atoms with Crippen molar-refractivity contribution in [2.75, 3.05) is 6.54 Å². The molecule has 39 heavy (non-hydrogen) atoms. The van der Waals surface area contributed by atoms with Gasteiger partial charge in [-0.1, -0.05) is 87.1 Å². The molecule has 3 atom stereocenters. The zero-order valence-corrected chi connectivity index (χ0v) is 23.7. The van der Waals surface area contributed by atoms with Crippen LogP contribution in [0.5, 0.6) is 0 Å². The number of amides is 3. The number of primary amides is 1. The SMILES string of the molecule is CCCCC(C(N)=O)C(CC1CCC1)C(=O)N[C@H]1CCCCN(Cc2cccc(-c3ccc(C)cc3)c2)C1=O. The van der Waals surface area contributed by atoms with E-state index in [1.54, 1.807) is 0 Å². The quantitative estimate of drug-likeness (QED) is 0.365. The Morgan fingerprint density at radius 3 is 2.44 bits per heavy atom. The summed E-state index contributed by atoms with van der Waals surface area (Å²) in [5.74, 6) is -1.09. The van der Waals surface area contributed by atoms with Gasteiger partial charge in [-0.15, -0.1) is 0 Å². The Bertz CT molecular complexity index is 1130. The summed E-state index contributed by atoms with van der Waals surface area (Å²) in [5, 5.41) is 3.09. The van der Waals surface area contributed by atoms with Crippen LogP contribution in [0.1, 0.15) is 82.3 Å². The molecule has 0 spiro atoms. The van der Waals surface area contributed by atoms with E-state index in [9.17, 15) is 14.4 Å². The average Bonchev–Trinajstić information content (AvgIpc) is 3.06. The lowest BCUT2D eigenvalue weighted by atomic mass is 9.73. The minimum absolute atomic E-state index is 0.0341. The lowest BCUT2D eigenvalue weighted by Gasteiger charge is -2.33. The third-order valence-electron chi connectivity index (χ3n) is 8.65. The van der Waals surface area contributed by atoms with Crippen molar-refractivity contribution in [3.8, 4) is 11.1 Å². The van der Waals surface area contributed by atoms with E-state index in [1.165, 1.54) is 12.0 Å². The molecular weight excluding hydrogens is 486 g/mol. The van der Waals surface area contributed by atoms with E-state index < -0.39 is 23.8 Å². The van der Waals surface area contributed by atoms with Crippen molar-refractivity contribution in [2.24, 2.45) is 23.5 Å². The summed E-state index contributed by atoms with van der Waals surface area (Å²) in [6, 6.07) is 16.2. The Hall–Kier alpha value is -3.15. The number of rotatable bonds is 12. The van der Waals surface area contributed by atoms with Gasteiger partial charge >= 0.3 is 0 Å². The Morgan fingerprint density at radius 1 is 1.00 bits per heavy atom. The molecule has 3 N–H and O–H groups in total. The molecule has 1 heterocycles. The molecule has 2 aliphatic rings. The number of hydrogen-bond donors (Lipinski definition) is 2. The number of nitrogens with one attached hydrogen (secondary N) is 1. The molecular formula is C33H45N3O3. The lowest BCUT2D eigenvalue weighted by molar-refractivity contribution is -0.139. The lowest BCUT2D eigenvalue weighted by Crippen LogP contribution is -2.51. The second kappa shape index (κ2) is 13.8. The van der Waals surface area contributed by atoms with Crippen LogP contribution in [0.4, 0.5) is 0 Å². The van der Waals surface area contributed by atoms with E-state index in [4.69, 9.17) is 5.73 Å². The molecule has 2 fully saturated rings. The molecule has 3 amide bonds. The first-order valence-corrected chi connectivity index (χ1v) is 14.9. The second-order valence-corrected chi connectivity index (χ2v) is 11.7. The molecule has 1 aliphatic carbocycles. The highest BCUT2D eigenvalue weighted by molar-refractivity contribution is 5.91. The Morgan fingerprint density at radius 2 is 1.77 bits per heavy atom. The van der Waals surface area contributed by atoms with Gasteiger partial charge in [-0.25, -0.2) is 0 Å². The third kappa shape index (κ3) is 7.71. The highest BCUT2D eigenvalue weighted by atomic mass is 16.2. The molecule has 6 heteroatoms. The topological polar surface area (TPSA) is 92.5 Å². The van der Waals surface area contributed by atoms with Crippen LogP contribution in [-0.2, 0) is 20.9 Å². The molecule has 0 aromatic heterocycles. The van der Waals surface area contributed by atoms with E-state index in [-0.39, 0.29) is 11.8 Å². The largest absolute Gasteiger partial charge is 0.369 e. The van der Waals surface area contributed by atoms with Gasteiger partial charge in [0.2, 0.25) is 17.7 Å². The monoisotopic (exact) mass is 531 g/mol. The van der Waals surface area contributed by atoms with Gasteiger partial charge in [0.05, 0.1) is 0 Å². The fourth-order valence-corrected chi connectivity index (χ4v) is 6.00. The normalized spacial score (nSPS) is 19.6. The fraction of sp³-hybridized carbons (Fsp3) is 0.545. The average molecular weight is 532 g/mol. The van der Waals surface area contributed by atoms with Crippen LogP contribution in [-0.4, -0.2) is 35.2 Å². The molecule has 0 radical (unpaired) electrons. The van der Waals surface area contributed by atoms with Crippen molar-refractivity contribution in [1.29, 1.82) is 0 Å². The maximum Gasteiger partial charge on any atom is 0.245 e. The summed E-state index contributed by atoms with van der Waals surface area (Å²) in [7, 11) is 0. The van der Waals surface area contributed by atoms with Gasteiger partial charge in [-0.05, 0) is 67.7 Å². The number of hydrogen-bond acceptors (Lipinski definition) is 3. The van der Waals surface area contributed by atoms with Gasteiger partial charge in [-0.3, -0.25) is 14.4 Å². The number of benzene rings is 2. The van der Waals surface area contributed by atoms with E-state index in [2.05, 4.69) is 61.6 Å². The summed E-state index contributed by atoms with van der Waals surface area (Å²) in [6.07, 6.45) is 8.89. The highest BCUT2D eigenvalue weighted by Gasteiger charge is 2.38. The van der Waals surface area contributed by atoms with Crippen molar-refractivity contribution in [2.45, 2.75) is 90.6 Å². The highest BCUT2D eigenvalue weighted by Crippen LogP contribution is 2.36. The van der Waals surface area contributed by atoms with Crippen molar-refractivity contribution in [1.82, 2.24) is 10.2 Å². The van der Waals surface area contributed by atoms with Crippen LogP contribution in [0.15, 0.2) is 48.5 Å². The minimum atomic E-state index is -0.566. The van der Waals surface area contributed by atoms with E-state index >= 15 is 0 Å². The van der Waals surface area contributed by atoms with Gasteiger partial charge in [0.15, 0.2) is 0 Å². The molecule has 0 bridgehead atoms. The number of nitrogens with two attached hydrogens (primary N) is 1. The van der Waals surface area contributed by atoms with Crippen molar-refractivity contribution in [3.05, 3.63) is 59.7 Å². The molecule has 6 nitrogen and oxygen atoms in total. The number of nitrogens with zero attached hydrogens (tertiary/aromatic N) is 1. The van der Waals surface area contributed by atoms with Crippen LogP contribution in [0, 0.1) is 24.7 Å². The van der Waals surface area contributed by atoms with E-state index in [0.717, 1.165) is 55.2 Å². The van der Waals surface area contributed by atoms with Gasteiger partial charge < -0.3 is 16.0 Å². The summed E-state index contributed by atoms with van der Waals surface area (Å²) in [6.45, 7) is 5.34. The maximum atomic E-state index is 13.7. The van der Waals surface area contributed by atoms with E-state index in [1.807, 2.05) is 11.0 Å². The molecule has 2 unspecified atom stereocenters. The van der Waals surface area contributed by atoms with Crippen LogP contribution >= 0.6 is 0 Å². The first-order valence-electron chi connectivity index (χ1n) is 14.9. The van der Waals surface area contributed by atoms with Gasteiger partial charge in [0, 0.05) is 24.9 Å². The Balaban J connectivity index is 1.46. The Labute approximate surface area is 233 Å². The van der Waals surface area contributed by atoms with Gasteiger partial charge in [0.25, 0.3) is 0 Å². The van der Waals surface area contributed by atoms with Crippen molar-refractivity contribution >= 4 is 17.7 Å². The summed E-state index contributed by atoms with van der Waals surface area (Å²) >= 11 is 0.